The summed E-state index contributed by atoms with van der Waals surface area (Å²) in [5.41, 5.74) is 1.82. The van der Waals surface area contributed by atoms with Crippen LogP contribution in [-0.2, 0) is 0 Å². The van der Waals surface area contributed by atoms with Crippen LogP contribution in [-0.4, -0.2) is 41.2 Å². The number of halogens is 1. The molecular weight excluding hydrogens is 350 g/mol. The number of rotatable bonds is 4. The highest BCUT2D eigenvalue weighted by Crippen LogP contribution is 2.34. The third-order valence-corrected chi connectivity index (χ3v) is 4.78. The molecule has 0 bridgehead atoms. The molecule has 7 heteroatoms. The Balaban J connectivity index is 1.66. The van der Waals surface area contributed by atoms with Gasteiger partial charge in [-0.15, -0.1) is 0 Å². The highest BCUT2D eigenvalue weighted by Gasteiger charge is 2.24. The molecule has 0 aliphatic carbocycles. The lowest BCUT2D eigenvalue weighted by atomic mass is 10.0. The largest absolute Gasteiger partial charge is 0.494 e. The number of methoxy groups -OCH3 is 1. The van der Waals surface area contributed by atoms with Crippen molar-refractivity contribution in [3.63, 3.8) is 0 Å². The molecule has 1 saturated heterocycles. The van der Waals surface area contributed by atoms with Crippen molar-refractivity contribution >= 4 is 34.0 Å². The number of fused-ring (bicyclic) bond motifs is 1. The fraction of sp³-hybridized carbons (Fsp3) is 0.316. The zero-order valence-electron chi connectivity index (χ0n) is 14.5. The molecule has 0 amide bonds. The molecule has 26 heavy (non-hydrogen) atoms. The van der Waals surface area contributed by atoms with E-state index in [0.717, 1.165) is 42.8 Å². The van der Waals surface area contributed by atoms with Crippen LogP contribution in [0, 0.1) is 0 Å². The van der Waals surface area contributed by atoms with E-state index in [0.29, 0.717) is 17.3 Å². The van der Waals surface area contributed by atoms with Gasteiger partial charge in [-0.1, -0.05) is 18.2 Å². The minimum absolute atomic E-state index is 0.223. The van der Waals surface area contributed by atoms with Gasteiger partial charge in [0.05, 0.1) is 30.4 Å². The number of anilines is 2. The number of hydrogen-bond acceptors (Lipinski definition) is 6. The summed E-state index contributed by atoms with van der Waals surface area (Å²) in [5.74, 6) is 1.46. The second-order valence-corrected chi connectivity index (χ2v) is 6.69. The predicted octanol–water partition coefficient (Wildman–Crippen LogP) is 3.77. The molecule has 2 aromatic heterocycles. The number of para-hydroxylation sites is 1. The lowest BCUT2D eigenvalue weighted by molar-refractivity contribution is 0.417. The van der Waals surface area contributed by atoms with Gasteiger partial charge in [-0.25, -0.2) is 4.98 Å². The Labute approximate surface area is 157 Å². The molecule has 1 aliphatic rings. The summed E-state index contributed by atoms with van der Waals surface area (Å²) in [4.78, 5) is 15.2. The van der Waals surface area contributed by atoms with Gasteiger partial charge in [0.25, 0.3) is 0 Å². The van der Waals surface area contributed by atoms with Crippen molar-refractivity contribution in [2.24, 2.45) is 0 Å². The van der Waals surface area contributed by atoms with E-state index in [1.165, 1.54) is 0 Å². The summed E-state index contributed by atoms with van der Waals surface area (Å²) in [7, 11) is 1.63. The SMILES string of the molecule is COc1cncc2nc(Cl)nc(N3CCCC(Nc4ccccc4)C3)c12. The Hall–Kier alpha value is -2.60. The smallest absolute Gasteiger partial charge is 0.224 e. The minimum Gasteiger partial charge on any atom is -0.494 e. The quantitative estimate of drug-likeness (QED) is 0.706. The van der Waals surface area contributed by atoms with Gasteiger partial charge in [0.1, 0.15) is 11.6 Å². The molecular formula is C19H20ClN5O. The van der Waals surface area contributed by atoms with Gasteiger partial charge >= 0.3 is 0 Å². The Bertz CT molecular complexity index is 905. The zero-order valence-corrected chi connectivity index (χ0v) is 15.3. The van der Waals surface area contributed by atoms with Crippen LogP contribution >= 0.6 is 11.6 Å². The molecule has 1 unspecified atom stereocenters. The first-order valence-electron chi connectivity index (χ1n) is 8.66. The van der Waals surface area contributed by atoms with Gasteiger partial charge in [-0.2, -0.15) is 4.98 Å². The molecule has 1 N–H and O–H groups in total. The number of nitrogens with zero attached hydrogens (tertiary/aromatic N) is 4. The molecule has 1 aliphatic heterocycles. The first-order chi connectivity index (χ1) is 12.7. The average Bonchev–Trinajstić information content (AvgIpc) is 2.67. The maximum Gasteiger partial charge on any atom is 0.224 e. The normalized spacial score (nSPS) is 17.3. The first kappa shape index (κ1) is 16.8. The number of benzene rings is 1. The predicted molar refractivity (Wildman–Crippen MR) is 104 cm³/mol. The summed E-state index contributed by atoms with van der Waals surface area (Å²) in [6.45, 7) is 1.75. The van der Waals surface area contributed by atoms with E-state index < -0.39 is 0 Å². The van der Waals surface area contributed by atoms with Crippen LogP contribution in [0.5, 0.6) is 5.75 Å². The van der Waals surface area contributed by atoms with Crippen LogP contribution in [0.2, 0.25) is 5.28 Å². The monoisotopic (exact) mass is 369 g/mol. The van der Waals surface area contributed by atoms with Crippen LogP contribution in [0.25, 0.3) is 10.9 Å². The molecule has 1 aromatic carbocycles. The van der Waals surface area contributed by atoms with Gasteiger partial charge in [-0.3, -0.25) is 4.98 Å². The van der Waals surface area contributed by atoms with E-state index in [4.69, 9.17) is 16.3 Å². The molecule has 3 heterocycles. The van der Waals surface area contributed by atoms with Crippen molar-refractivity contribution in [1.82, 2.24) is 15.0 Å². The maximum atomic E-state index is 6.17. The van der Waals surface area contributed by atoms with Crippen LogP contribution in [0.4, 0.5) is 11.5 Å². The summed E-state index contributed by atoms with van der Waals surface area (Å²) < 4.78 is 5.49. The third kappa shape index (κ3) is 3.37. The van der Waals surface area contributed by atoms with E-state index in [1.807, 2.05) is 18.2 Å². The molecule has 0 saturated carbocycles. The molecule has 1 atom stereocenters. The number of pyridine rings is 1. The van der Waals surface area contributed by atoms with E-state index in [9.17, 15) is 0 Å². The minimum atomic E-state index is 0.223. The maximum absolute atomic E-state index is 6.17. The fourth-order valence-corrected chi connectivity index (χ4v) is 3.62. The average molecular weight is 370 g/mol. The topological polar surface area (TPSA) is 63.2 Å². The van der Waals surface area contributed by atoms with Crippen LogP contribution in [0.15, 0.2) is 42.7 Å². The Morgan fingerprint density at radius 3 is 2.85 bits per heavy atom. The lowest BCUT2D eigenvalue weighted by Gasteiger charge is -2.35. The van der Waals surface area contributed by atoms with Gasteiger partial charge in [-0.05, 0) is 36.6 Å². The Kier molecular flexibility index (Phi) is 4.75. The summed E-state index contributed by atoms with van der Waals surface area (Å²) in [5, 5.41) is 4.69. The molecule has 1 fully saturated rings. The van der Waals surface area contributed by atoms with Crippen LogP contribution in [0.1, 0.15) is 12.8 Å². The number of hydrogen-bond donors (Lipinski definition) is 1. The van der Waals surface area contributed by atoms with Gasteiger partial charge in [0, 0.05) is 24.8 Å². The van der Waals surface area contributed by atoms with Crippen molar-refractivity contribution < 1.29 is 4.74 Å². The Morgan fingerprint density at radius 1 is 1.19 bits per heavy atom. The van der Waals surface area contributed by atoms with E-state index >= 15 is 0 Å². The van der Waals surface area contributed by atoms with Crippen molar-refractivity contribution in [3.05, 3.63) is 48.0 Å². The van der Waals surface area contributed by atoms with Crippen molar-refractivity contribution in [2.45, 2.75) is 18.9 Å². The summed E-state index contributed by atoms with van der Waals surface area (Å²) in [6.07, 6.45) is 5.56. The van der Waals surface area contributed by atoms with E-state index in [1.54, 1.807) is 19.5 Å². The first-order valence-corrected chi connectivity index (χ1v) is 9.04. The molecule has 0 radical (unpaired) electrons. The van der Waals surface area contributed by atoms with Crippen molar-refractivity contribution in [2.75, 3.05) is 30.4 Å². The highest BCUT2D eigenvalue weighted by molar-refractivity contribution is 6.29. The number of ether oxygens (including phenoxy) is 1. The van der Waals surface area contributed by atoms with Gasteiger partial charge in [0.2, 0.25) is 5.28 Å². The second kappa shape index (κ2) is 7.33. The number of aromatic nitrogens is 3. The number of piperidine rings is 1. The van der Waals surface area contributed by atoms with Crippen LogP contribution < -0.4 is 15.0 Å². The molecule has 6 nitrogen and oxygen atoms in total. The summed E-state index contributed by atoms with van der Waals surface area (Å²) in [6, 6.07) is 10.6. The standard InChI is InChI=1S/C19H20ClN5O/c1-26-16-11-21-10-15-17(16)18(24-19(20)23-15)25-9-5-8-14(12-25)22-13-6-3-2-4-7-13/h2-4,6-7,10-11,14,22H,5,8-9,12H2,1H3. The Morgan fingerprint density at radius 2 is 2.04 bits per heavy atom. The third-order valence-electron chi connectivity index (χ3n) is 4.61. The molecule has 0 spiro atoms. The summed E-state index contributed by atoms with van der Waals surface area (Å²) >= 11 is 6.17. The van der Waals surface area contributed by atoms with Crippen molar-refractivity contribution in [3.8, 4) is 5.75 Å². The van der Waals surface area contributed by atoms with Gasteiger partial charge < -0.3 is 15.0 Å². The zero-order chi connectivity index (χ0) is 17.9. The molecule has 3 aromatic rings. The number of nitrogens with one attached hydrogen (secondary N) is 1. The van der Waals surface area contributed by atoms with Crippen molar-refractivity contribution in [1.29, 1.82) is 0 Å². The second-order valence-electron chi connectivity index (χ2n) is 6.35. The lowest BCUT2D eigenvalue weighted by Crippen LogP contribution is -2.42. The van der Waals surface area contributed by atoms with E-state index in [2.05, 4.69) is 37.3 Å². The van der Waals surface area contributed by atoms with Gasteiger partial charge in [0.15, 0.2) is 0 Å². The van der Waals surface area contributed by atoms with E-state index in [-0.39, 0.29) is 5.28 Å². The fourth-order valence-electron chi connectivity index (χ4n) is 3.45. The highest BCUT2D eigenvalue weighted by atomic mass is 35.5. The van der Waals surface area contributed by atoms with Crippen LogP contribution in [0.3, 0.4) is 0 Å². The molecule has 134 valence electrons. The molecule has 4 rings (SSSR count).